The molecule has 158 valence electrons. The molecule has 2 atom stereocenters. The van der Waals surface area contributed by atoms with E-state index < -0.39 is 24.0 Å². The van der Waals surface area contributed by atoms with Crippen molar-refractivity contribution < 1.29 is 28.6 Å². The van der Waals surface area contributed by atoms with Crippen molar-refractivity contribution in [2.24, 2.45) is 0 Å². The Balaban J connectivity index is 1.44. The fraction of sp³-hybridized carbons (Fsp3) is 0.318. The van der Waals surface area contributed by atoms with E-state index in [4.69, 9.17) is 14.2 Å². The summed E-state index contributed by atoms with van der Waals surface area (Å²) in [6.45, 7) is 2.62. The van der Waals surface area contributed by atoms with E-state index in [1.807, 2.05) is 0 Å². The van der Waals surface area contributed by atoms with Crippen molar-refractivity contribution in [2.75, 3.05) is 18.5 Å². The molecular weight excluding hydrogens is 388 g/mol. The second kappa shape index (κ2) is 10.4. The molecule has 3 rings (SSSR count). The highest BCUT2D eigenvalue weighted by atomic mass is 16.5. The topological polar surface area (TPSA) is 103 Å². The Labute approximate surface area is 174 Å². The molecule has 0 spiro atoms. The number of esters is 1. The second-order valence-corrected chi connectivity index (χ2v) is 6.83. The van der Waals surface area contributed by atoms with Gasteiger partial charge in [-0.15, -0.1) is 0 Å². The van der Waals surface area contributed by atoms with Crippen LogP contribution in [0.1, 0.15) is 30.1 Å². The summed E-state index contributed by atoms with van der Waals surface area (Å²) < 4.78 is 16.3. The van der Waals surface area contributed by atoms with Crippen LogP contribution in [0.4, 0.5) is 10.5 Å². The standard InChI is InChI=1S/C22H24N2O6/c1-15(20(25)24-22(27)23-17-6-3-2-4-7-17)30-21(26)16-9-11-18(12-10-16)29-14-19-8-5-13-28-19/h2-4,6-7,9-12,15,19H,5,8,13-14H2,1H3,(H2,23,24,25,27)/t15-,19-/m0/s1. The first-order chi connectivity index (χ1) is 14.5. The molecule has 2 aromatic carbocycles. The van der Waals surface area contributed by atoms with Gasteiger partial charge in [0.05, 0.1) is 11.7 Å². The lowest BCUT2D eigenvalue weighted by Crippen LogP contribution is -2.41. The maximum atomic E-state index is 12.3. The molecule has 0 saturated carbocycles. The van der Waals surface area contributed by atoms with Gasteiger partial charge in [-0.05, 0) is 56.2 Å². The highest BCUT2D eigenvalue weighted by Gasteiger charge is 2.21. The number of carbonyl (C=O) groups excluding carboxylic acids is 3. The van der Waals surface area contributed by atoms with E-state index >= 15 is 0 Å². The molecule has 2 aromatic rings. The first kappa shape index (κ1) is 21.3. The van der Waals surface area contributed by atoms with E-state index in [9.17, 15) is 14.4 Å². The van der Waals surface area contributed by atoms with Crippen LogP contribution in [-0.2, 0) is 14.3 Å². The molecule has 0 radical (unpaired) electrons. The van der Waals surface area contributed by atoms with Crippen LogP contribution >= 0.6 is 0 Å². The van der Waals surface area contributed by atoms with Crippen molar-refractivity contribution in [3.63, 3.8) is 0 Å². The van der Waals surface area contributed by atoms with Crippen molar-refractivity contribution in [1.29, 1.82) is 0 Å². The lowest BCUT2D eigenvalue weighted by molar-refractivity contribution is -0.127. The number of hydrogen-bond acceptors (Lipinski definition) is 6. The SMILES string of the molecule is C[C@H](OC(=O)c1ccc(OC[C@@H]2CCCO2)cc1)C(=O)NC(=O)Nc1ccccc1. The number of amides is 3. The molecule has 8 nitrogen and oxygen atoms in total. The minimum atomic E-state index is -1.14. The fourth-order valence-electron chi connectivity index (χ4n) is 2.83. The van der Waals surface area contributed by atoms with E-state index in [2.05, 4.69) is 10.6 Å². The Morgan fingerprint density at radius 3 is 2.50 bits per heavy atom. The maximum Gasteiger partial charge on any atom is 0.338 e. The van der Waals surface area contributed by atoms with E-state index in [0.717, 1.165) is 19.4 Å². The first-order valence-electron chi connectivity index (χ1n) is 9.73. The van der Waals surface area contributed by atoms with Crippen molar-refractivity contribution in [3.8, 4) is 5.75 Å². The third-order valence-corrected chi connectivity index (χ3v) is 4.47. The van der Waals surface area contributed by atoms with Crippen LogP contribution in [0, 0.1) is 0 Å². The molecule has 1 aliphatic heterocycles. The van der Waals surface area contributed by atoms with E-state index in [0.29, 0.717) is 18.0 Å². The Morgan fingerprint density at radius 2 is 1.83 bits per heavy atom. The molecule has 2 N–H and O–H groups in total. The van der Waals surface area contributed by atoms with Gasteiger partial charge in [0, 0.05) is 12.3 Å². The molecule has 1 aliphatic rings. The molecular formula is C22H24N2O6. The van der Waals surface area contributed by atoms with Crippen LogP contribution in [0.2, 0.25) is 0 Å². The minimum absolute atomic E-state index is 0.105. The molecule has 0 bridgehead atoms. The molecule has 3 amide bonds. The number of para-hydroxylation sites is 1. The van der Waals surface area contributed by atoms with Crippen LogP contribution in [-0.4, -0.2) is 43.3 Å². The molecule has 30 heavy (non-hydrogen) atoms. The number of benzene rings is 2. The number of anilines is 1. The van der Waals surface area contributed by atoms with Gasteiger partial charge in [-0.3, -0.25) is 10.1 Å². The third kappa shape index (κ3) is 6.31. The summed E-state index contributed by atoms with van der Waals surface area (Å²) in [7, 11) is 0. The number of carbonyl (C=O) groups is 3. The normalized spacial score (nSPS) is 16.4. The monoisotopic (exact) mass is 412 g/mol. The van der Waals surface area contributed by atoms with Gasteiger partial charge in [-0.25, -0.2) is 9.59 Å². The molecule has 0 aliphatic carbocycles. The van der Waals surface area contributed by atoms with Crippen LogP contribution in [0.25, 0.3) is 0 Å². The quantitative estimate of drug-likeness (QED) is 0.678. The van der Waals surface area contributed by atoms with Gasteiger partial charge in [0.1, 0.15) is 12.4 Å². The lowest BCUT2D eigenvalue weighted by Gasteiger charge is -2.14. The largest absolute Gasteiger partial charge is 0.491 e. The van der Waals surface area contributed by atoms with E-state index in [1.54, 1.807) is 54.6 Å². The third-order valence-electron chi connectivity index (χ3n) is 4.47. The summed E-state index contributed by atoms with van der Waals surface area (Å²) in [5, 5.41) is 4.66. The zero-order chi connectivity index (χ0) is 21.3. The lowest BCUT2D eigenvalue weighted by atomic mass is 10.2. The Hall–Kier alpha value is -3.39. The fourth-order valence-corrected chi connectivity index (χ4v) is 2.83. The number of ether oxygens (including phenoxy) is 3. The molecule has 0 unspecified atom stereocenters. The van der Waals surface area contributed by atoms with Crippen LogP contribution in [0.5, 0.6) is 5.75 Å². The van der Waals surface area contributed by atoms with Gasteiger partial charge in [0.2, 0.25) is 0 Å². The summed E-state index contributed by atoms with van der Waals surface area (Å²) in [6, 6.07) is 14.4. The van der Waals surface area contributed by atoms with Gasteiger partial charge in [-0.1, -0.05) is 18.2 Å². The van der Waals surface area contributed by atoms with Gasteiger partial charge in [0.25, 0.3) is 5.91 Å². The zero-order valence-electron chi connectivity index (χ0n) is 16.6. The summed E-state index contributed by atoms with van der Waals surface area (Å²) in [5.41, 5.74) is 0.808. The maximum absolute atomic E-state index is 12.3. The average Bonchev–Trinajstić information content (AvgIpc) is 3.27. The summed E-state index contributed by atoms with van der Waals surface area (Å²) in [6.07, 6.45) is 0.981. The summed E-state index contributed by atoms with van der Waals surface area (Å²) >= 11 is 0. The summed E-state index contributed by atoms with van der Waals surface area (Å²) in [5.74, 6) is -0.787. The minimum Gasteiger partial charge on any atom is -0.491 e. The number of hydrogen-bond donors (Lipinski definition) is 2. The van der Waals surface area contributed by atoms with Crippen LogP contribution in [0.3, 0.4) is 0 Å². The molecule has 0 aromatic heterocycles. The van der Waals surface area contributed by atoms with Crippen molar-refractivity contribution in [2.45, 2.75) is 32.0 Å². The van der Waals surface area contributed by atoms with Gasteiger partial charge in [0.15, 0.2) is 6.10 Å². The smallest absolute Gasteiger partial charge is 0.338 e. The molecule has 1 fully saturated rings. The second-order valence-electron chi connectivity index (χ2n) is 6.83. The zero-order valence-corrected chi connectivity index (χ0v) is 16.6. The van der Waals surface area contributed by atoms with Crippen molar-refractivity contribution >= 4 is 23.6 Å². The molecule has 1 saturated heterocycles. The van der Waals surface area contributed by atoms with Crippen molar-refractivity contribution in [3.05, 3.63) is 60.2 Å². The highest BCUT2D eigenvalue weighted by molar-refractivity contribution is 6.03. The number of imide groups is 1. The number of rotatable bonds is 7. The number of nitrogens with one attached hydrogen (secondary N) is 2. The first-order valence-corrected chi connectivity index (χ1v) is 9.73. The summed E-state index contributed by atoms with van der Waals surface area (Å²) in [4.78, 5) is 36.2. The Morgan fingerprint density at radius 1 is 1.10 bits per heavy atom. The molecule has 8 heteroatoms. The Bertz CT molecular complexity index is 863. The Kier molecular flexibility index (Phi) is 7.40. The van der Waals surface area contributed by atoms with E-state index in [1.165, 1.54) is 6.92 Å². The average molecular weight is 412 g/mol. The van der Waals surface area contributed by atoms with Gasteiger partial charge >= 0.3 is 12.0 Å². The van der Waals surface area contributed by atoms with Crippen LogP contribution < -0.4 is 15.4 Å². The van der Waals surface area contributed by atoms with Crippen LogP contribution in [0.15, 0.2) is 54.6 Å². The number of urea groups is 1. The van der Waals surface area contributed by atoms with E-state index in [-0.39, 0.29) is 11.7 Å². The van der Waals surface area contributed by atoms with Crippen molar-refractivity contribution in [1.82, 2.24) is 5.32 Å². The molecule has 1 heterocycles. The predicted octanol–water partition coefficient (Wildman–Crippen LogP) is 3.14. The highest BCUT2D eigenvalue weighted by Crippen LogP contribution is 2.17. The van der Waals surface area contributed by atoms with Gasteiger partial charge in [-0.2, -0.15) is 0 Å². The predicted molar refractivity (Wildman–Crippen MR) is 109 cm³/mol. The van der Waals surface area contributed by atoms with Gasteiger partial charge < -0.3 is 19.5 Å².